The summed E-state index contributed by atoms with van der Waals surface area (Å²) in [4.78, 5) is 11.6. The zero-order chi connectivity index (χ0) is 19.3. The average Bonchev–Trinajstić information content (AvgIpc) is 2.92. The average molecular weight is 373 g/mol. The molecule has 27 heavy (non-hydrogen) atoms. The maximum atomic E-state index is 15.2. The molecule has 0 aliphatic carbocycles. The molecule has 0 unspecified atom stereocenters. The first-order valence-electron chi connectivity index (χ1n) is 8.11. The molecule has 8 heteroatoms. The zero-order valence-electron chi connectivity index (χ0n) is 14.4. The number of fused-ring (bicyclic) bond motifs is 1. The monoisotopic (exact) mass is 373 g/mol. The highest BCUT2D eigenvalue weighted by Gasteiger charge is 2.29. The molecule has 0 atom stereocenters. The van der Waals surface area contributed by atoms with Crippen molar-refractivity contribution in [2.75, 3.05) is 11.9 Å². The Hall–Kier alpha value is -3.29. The van der Waals surface area contributed by atoms with Crippen LogP contribution >= 0.6 is 0 Å². The second-order valence-electron chi connectivity index (χ2n) is 6.20. The lowest BCUT2D eigenvalue weighted by Gasteiger charge is -2.20. The fourth-order valence-corrected chi connectivity index (χ4v) is 3.28. The van der Waals surface area contributed by atoms with Crippen LogP contribution in [-0.2, 0) is 11.8 Å². The van der Waals surface area contributed by atoms with Crippen molar-refractivity contribution in [2.45, 2.75) is 6.92 Å². The van der Waals surface area contributed by atoms with Crippen LogP contribution in [0.4, 0.5) is 18.9 Å². The van der Waals surface area contributed by atoms with E-state index in [4.69, 9.17) is 4.74 Å². The van der Waals surface area contributed by atoms with Gasteiger partial charge in [-0.25, -0.2) is 13.2 Å². The van der Waals surface area contributed by atoms with Gasteiger partial charge in [0, 0.05) is 23.7 Å². The van der Waals surface area contributed by atoms with Gasteiger partial charge in [-0.3, -0.25) is 9.48 Å². The third-order valence-corrected chi connectivity index (χ3v) is 4.39. The predicted octanol–water partition coefficient (Wildman–Crippen LogP) is 3.81. The first kappa shape index (κ1) is 17.1. The number of nitrogens with zero attached hydrogens (tertiary/aromatic N) is 2. The summed E-state index contributed by atoms with van der Waals surface area (Å²) in [6.07, 6.45) is 0. The molecule has 1 amide bonds. The van der Waals surface area contributed by atoms with E-state index in [9.17, 15) is 13.6 Å². The van der Waals surface area contributed by atoms with Crippen LogP contribution in [0.2, 0.25) is 0 Å². The Bertz CT molecular complexity index is 1080. The summed E-state index contributed by atoms with van der Waals surface area (Å²) >= 11 is 0. The Morgan fingerprint density at radius 2 is 1.89 bits per heavy atom. The minimum absolute atomic E-state index is 0.0676. The SMILES string of the molecule is Cc1nn(C)c(-c2ccc(F)cc2)c1-c1cc(F)c2c(c1F)NC(=O)CO2. The number of aromatic nitrogens is 2. The van der Waals surface area contributed by atoms with Crippen molar-refractivity contribution in [1.82, 2.24) is 9.78 Å². The van der Waals surface area contributed by atoms with Crippen molar-refractivity contribution in [1.29, 1.82) is 0 Å². The van der Waals surface area contributed by atoms with Crippen molar-refractivity contribution in [2.24, 2.45) is 7.05 Å². The van der Waals surface area contributed by atoms with Crippen LogP contribution in [-0.4, -0.2) is 22.3 Å². The highest BCUT2D eigenvalue weighted by Crippen LogP contribution is 2.43. The number of carbonyl (C=O) groups excluding carboxylic acids is 1. The van der Waals surface area contributed by atoms with Gasteiger partial charge in [0.15, 0.2) is 24.0 Å². The maximum Gasteiger partial charge on any atom is 0.262 e. The number of ether oxygens (including phenoxy) is 1. The van der Waals surface area contributed by atoms with E-state index in [0.717, 1.165) is 6.07 Å². The molecule has 2 heterocycles. The number of benzene rings is 2. The molecule has 1 aromatic heterocycles. The standard InChI is InChI=1S/C19H14F3N3O2/c1-9-15(18(25(2)24-9)10-3-5-11(20)6-4-10)12-7-13(21)19-17(16(12)22)23-14(26)8-27-19/h3-7H,8H2,1-2H3,(H,23,26). The van der Waals surface area contributed by atoms with E-state index >= 15 is 4.39 Å². The maximum absolute atomic E-state index is 15.2. The molecule has 1 aliphatic heterocycles. The molecule has 4 rings (SSSR count). The quantitative estimate of drug-likeness (QED) is 0.743. The van der Waals surface area contributed by atoms with Gasteiger partial charge < -0.3 is 10.1 Å². The topological polar surface area (TPSA) is 56.2 Å². The van der Waals surface area contributed by atoms with E-state index in [1.165, 1.54) is 28.9 Å². The van der Waals surface area contributed by atoms with E-state index in [-0.39, 0.29) is 23.6 Å². The largest absolute Gasteiger partial charge is 0.478 e. The van der Waals surface area contributed by atoms with Crippen LogP contribution in [0, 0.1) is 24.4 Å². The Labute approximate surface area is 152 Å². The summed E-state index contributed by atoms with van der Waals surface area (Å²) in [5.41, 5.74) is 1.49. The summed E-state index contributed by atoms with van der Waals surface area (Å²) in [7, 11) is 1.66. The smallest absolute Gasteiger partial charge is 0.262 e. The number of rotatable bonds is 2. The number of carbonyl (C=O) groups is 1. The molecule has 138 valence electrons. The van der Waals surface area contributed by atoms with Crippen molar-refractivity contribution in [3.8, 4) is 28.1 Å². The molecule has 1 aliphatic rings. The van der Waals surface area contributed by atoms with E-state index < -0.39 is 23.4 Å². The number of nitrogens with one attached hydrogen (secondary N) is 1. The van der Waals surface area contributed by atoms with Gasteiger partial charge >= 0.3 is 0 Å². The van der Waals surface area contributed by atoms with Gasteiger partial charge in [0.05, 0.1) is 11.4 Å². The van der Waals surface area contributed by atoms with Gasteiger partial charge in [-0.05, 0) is 37.3 Å². The molecule has 1 N–H and O–H groups in total. The second kappa shape index (κ2) is 6.15. The van der Waals surface area contributed by atoms with Gasteiger partial charge in [-0.1, -0.05) is 0 Å². The molecule has 0 spiro atoms. The van der Waals surface area contributed by atoms with Crippen LogP contribution < -0.4 is 10.1 Å². The lowest BCUT2D eigenvalue weighted by atomic mass is 9.97. The summed E-state index contributed by atoms with van der Waals surface area (Å²) < 4.78 is 49.5. The van der Waals surface area contributed by atoms with E-state index in [1.807, 2.05) is 0 Å². The number of aryl methyl sites for hydroxylation is 2. The second-order valence-corrected chi connectivity index (χ2v) is 6.20. The summed E-state index contributed by atoms with van der Waals surface area (Å²) in [5, 5.41) is 6.62. The molecule has 0 fully saturated rings. The van der Waals surface area contributed by atoms with Crippen molar-refractivity contribution >= 4 is 11.6 Å². The van der Waals surface area contributed by atoms with Crippen molar-refractivity contribution < 1.29 is 22.7 Å². The van der Waals surface area contributed by atoms with Gasteiger partial charge in [0.25, 0.3) is 5.91 Å². The van der Waals surface area contributed by atoms with Crippen LogP contribution in [0.3, 0.4) is 0 Å². The number of amides is 1. The molecule has 3 aromatic rings. The molecule has 2 aromatic carbocycles. The highest BCUT2D eigenvalue weighted by molar-refractivity contribution is 5.97. The van der Waals surface area contributed by atoms with Crippen molar-refractivity contribution in [3.63, 3.8) is 0 Å². The fraction of sp³-hybridized carbons (Fsp3) is 0.158. The minimum Gasteiger partial charge on any atom is -0.478 e. The third-order valence-electron chi connectivity index (χ3n) is 4.39. The fourth-order valence-electron chi connectivity index (χ4n) is 3.28. The van der Waals surface area contributed by atoms with Crippen LogP contribution in [0.5, 0.6) is 5.75 Å². The van der Waals surface area contributed by atoms with Gasteiger partial charge in [-0.15, -0.1) is 0 Å². The molecule has 0 saturated carbocycles. The molecular weight excluding hydrogens is 359 g/mol. The van der Waals surface area contributed by atoms with E-state index in [0.29, 0.717) is 22.5 Å². The van der Waals surface area contributed by atoms with Gasteiger partial charge in [0.2, 0.25) is 0 Å². The minimum atomic E-state index is -0.820. The number of anilines is 1. The van der Waals surface area contributed by atoms with Gasteiger partial charge in [0.1, 0.15) is 11.5 Å². The first-order chi connectivity index (χ1) is 12.9. The van der Waals surface area contributed by atoms with E-state index in [2.05, 4.69) is 10.4 Å². The Morgan fingerprint density at radius 3 is 2.59 bits per heavy atom. The molecule has 0 saturated heterocycles. The normalized spacial score (nSPS) is 13.1. The molecule has 0 radical (unpaired) electrons. The predicted molar refractivity (Wildman–Crippen MR) is 92.8 cm³/mol. The molecule has 5 nitrogen and oxygen atoms in total. The first-order valence-corrected chi connectivity index (χ1v) is 8.11. The van der Waals surface area contributed by atoms with Crippen molar-refractivity contribution in [3.05, 3.63) is 53.5 Å². The summed E-state index contributed by atoms with van der Waals surface area (Å²) in [6, 6.07) is 6.64. The lowest BCUT2D eigenvalue weighted by Crippen LogP contribution is -2.27. The Morgan fingerprint density at radius 1 is 1.19 bits per heavy atom. The summed E-state index contributed by atoms with van der Waals surface area (Å²) in [5.74, 6) is -2.93. The Balaban J connectivity index is 1.98. The summed E-state index contributed by atoms with van der Waals surface area (Å²) in [6.45, 7) is 1.28. The highest BCUT2D eigenvalue weighted by atomic mass is 19.1. The molecular formula is C19H14F3N3O2. The third kappa shape index (κ3) is 2.73. The van der Waals surface area contributed by atoms with Crippen LogP contribution in [0.1, 0.15) is 5.69 Å². The van der Waals surface area contributed by atoms with Crippen LogP contribution in [0.25, 0.3) is 22.4 Å². The van der Waals surface area contributed by atoms with Crippen LogP contribution in [0.15, 0.2) is 30.3 Å². The lowest BCUT2D eigenvalue weighted by molar-refractivity contribution is -0.118. The number of halogens is 3. The number of hydrogen-bond acceptors (Lipinski definition) is 3. The Kier molecular flexibility index (Phi) is 3.91. The molecule has 0 bridgehead atoms. The van der Waals surface area contributed by atoms with E-state index in [1.54, 1.807) is 14.0 Å². The van der Waals surface area contributed by atoms with Gasteiger partial charge in [-0.2, -0.15) is 5.10 Å². The zero-order valence-corrected chi connectivity index (χ0v) is 14.4. The number of hydrogen-bond donors (Lipinski definition) is 1.